The summed E-state index contributed by atoms with van der Waals surface area (Å²) in [5, 5.41) is 4.38. The summed E-state index contributed by atoms with van der Waals surface area (Å²) in [4.78, 5) is 24.8. The Balaban J connectivity index is 1.68. The molecule has 1 aromatic carbocycles. The average Bonchev–Trinajstić information content (AvgIpc) is 2.98. The molecule has 2 heterocycles. The van der Waals surface area contributed by atoms with Gasteiger partial charge in [-0.1, -0.05) is 18.2 Å². The van der Waals surface area contributed by atoms with Gasteiger partial charge in [-0.2, -0.15) is 5.10 Å². The van der Waals surface area contributed by atoms with Crippen LogP contribution in [0.5, 0.6) is 0 Å². The van der Waals surface area contributed by atoms with Gasteiger partial charge in [0.15, 0.2) is 0 Å². The lowest BCUT2D eigenvalue weighted by molar-refractivity contribution is -0.120. The Bertz CT molecular complexity index is 688. The van der Waals surface area contributed by atoms with E-state index in [2.05, 4.69) is 5.10 Å². The predicted octanol–water partition coefficient (Wildman–Crippen LogP) is 1.96. The molecule has 0 unspecified atom stereocenters. The summed E-state index contributed by atoms with van der Waals surface area (Å²) in [5.41, 5.74) is 2.02. The summed E-state index contributed by atoms with van der Waals surface area (Å²) in [6, 6.07) is 9.63. The first-order valence-electron chi connectivity index (χ1n) is 7.69. The highest BCUT2D eigenvalue weighted by molar-refractivity contribution is 5.90. The average molecular weight is 313 g/mol. The Morgan fingerprint density at radius 3 is 2.61 bits per heavy atom. The highest BCUT2D eigenvalue weighted by atomic mass is 16.5. The second kappa shape index (κ2) is 6.64. The number of aryl methyl sites for hydroxylation is 1. The first-order valence-corrected chi connectivity index (χ1v) is 7.69. The lowest BCUT2D eigenvalue weighted by atomic mass is 10.1. The number of carbonyl (C=O) groups is 2. The number of esters is 1. The van der Waals surface area contributed by atoms with Crippen molar-refractivity contribution in [1.29, 1.82) is 0 Å². The zero-order valence-corrected chi connectivity index (χ0v) is 13.0. The number of amides is 1. The van der Waals surface area contributed by atoms with Crippen LogP contribution in [0.3, 0.4) is 0 Å². The quantitative estimate of drug-likeness (QED) is 0.639. The third-order valence-corrected chi connectivity index (χ3v) is 4.04. The number of carbonyl (C=O) groups excluding carboxylic acids is 2. The van der Waals surface area contributed by atoms with E-state index in [1.807, 2.05) is 30.3 Å². The Morgan fingerprint density at radius 2 is 1.96 bits per heavy atom. The van der Waals surface area contributed by atoms with E-state index in [-0.39, 0.29) is 12.1 Å². The number of benzene rings is 1. The van der Waals surface area contributed by atoms with Gasteiger partial charge in [0, 0.05) is 32.1 Å². The third-order valence-electron chi connectivity index (χ3n) is 4.04. The monoisotopic (exact) mass is 313 g/mol. The van der Waals surface area contributed by atoms with E-state index in [4.69, 9.17) is 4.74 Å². The van der Waals surface area contributed by atoms with Crippen LogP contribution in [0.1, 0.15) is 28.9 Å². The molecular weight excluding hydrogens is 294 g/mol. The number of hydrogen-bond donors (Lipinski definition) is 0. The molecule has 1 aromatic heterocycles. The summed E-state index contributed by atoms with van der Waals surface area (Å²) < 4.78 is 7.25. The maximum Gasteiger partial charge on any atom is 0.341 e. The van der Waals surface area contributed by atoms with Crippen LogP contribution >= 0.6 is 0 Å². The highest BCUT2D eigenvalue weighted by Crippen LogP contribution is 2.17. The van der Waals surface area contributed by atoms with Crippen molar-refractivity contribution >= 4 is 12.4 Å². The van der Waals surface area contributed by atoms with Crippen molar-refractivity contribution in [3.63, 3.8) is 0 Å². The lowest BCUT2D eigenvalue weighted by Gasteiger charge is -2.28. The van der Waals surface area contributed by atoms with Gasteiger partial charge >= 0.3 is 5.97 Å². The third kappa shape index (κ3) is 3.41. The van der Waals surface area contributed by atoms with Crippen molar-refractivity contribution in [2.75, 3.05) is 13.1 Å². The van der Waals surface area contributed by atoms with Crippen molar-refractivity contribution in [2.24, 2.45) is 0 Å². The minimum absolute atomic E-state index is 0.141. The summed E-state index contributed by atoms with van der Waals surface area (Å²) in [6.45, 7) is 3.05. The maximum atomic E-state index is 12.4. The fourth-order valence-electron chi connectivity index (χ4n) is 2.69. The highest BCUT2D eigenvalue weighted by Gasteiger charge is 2.24. The van der Waals surface area contributed by atoms with Crippen molar-refractivity contribution in [3.8, 4) is 5.69 Å². The molecule has 120 valence electrons. The van der Waals surface area contributed by atoms with Crippen molar-refractivity contribution in [2.45, 2.75) is 25.9 Å². The molecule has 6 nitrogen and oxygen atoms in total. The predicted molar refractivity (Wildman–Crippen MR) is 84.4 cm³/mol. The minimum Gasteiger partial charge on any atom is -0.459 e. The van der Waals surface area contributed by atoms with Crippen molar-refractivity contribution in [1.82, 2.24) is 14.7 Å². The number of aromatic nitrogens is 2. The van der Waals surface area contributed by atoms with Gasteiger partial charge in [0.05, 0.1) is 11.4 Å². The molecule has 3 rings (SSSR count). The molecule has 1 aliphatic rings. The molecule has 1 aliphatic heterocycles. The molecule has 0 saturated carbocycles. The van der Waals surface area contributed by atoms with Crippen LogP contribution in [0.15, 0.2) is 36.5 Å². The summed E-state index contributed by atoms with van der Waals surface area (Å²) >= 11 is 0. The summed E-state index contributed by atoms with van der Waals surface area (Å²) in [5.74, 6) is -0.353. The first-order chi connectivity index (χ1) is 11.2. The van der Waals surface area contributed by atoms with Gasteiger partial charge in [0.1, 0.15) is 11.7 Å². The van der Waals surface area contributed by atoms with Gasteiger partial charge in [-0.15, -0.1) is 0 Å². The molecule has 0 spiro atoms. The van der Waals surface area contributed by atoms with E-state index in [9.17, 15) is 9.59 Å². The molecule has 0 N–H and O–H groups in total. The molecule has 0 atom stereocenters. The van der Waals surface area contributed by atoms with Crippen molar-refractivity contribution in [3.05, 3.63) is 47.8 Å². The molecular formula is C17H19N3O3. The molecule has 1 amide bonds. The topological polar surface area (TPSA) is 64.4 Å². The normalized spacial score (nSPS) is 15.4. The smallest absolute Gasteiger partial charge is 0.341 e. The van der Waals surface area contributed by atoms with E-state index >= 15 is 0 Å². The van der Waals surface area contributed by atoms with Crippen LogP contribution in [0.2, 0.25) is 0 Å². The van der Waals surface area contributed by atoms with Gasteiger partial charge in [-0.3, -0.25) is 4.79 Å². The van der Waals surface area contributed by atoms with E-state index in [1.54, 1.807) is 22.7 Å². The van der Waals surface area contributed by atoms with Gasteiger partial charge in [0.2, 0.25) is 6.41 Å². The van der Waals surface area contributed by atoms with Gasteiger partial charge in [0.25, 0.3) is 0 Å². The van der Waals surface area contributed by atoms with Gasteiger partial charge in [-0.25, -0.2) is 9.48 Å². The Labute approximate surface area is 134 Å². The lowest BCUT2D eigenvalue weighted by Crippen LogP contribution is -2.36. The SMILES string of the molecule is Cc1nn(-c2ccccc2)cc1C(=O)OC1CCN(C=O)CC1. The first kappa shape index (κ1) is 15.3. The molecule has 6 heteroatoms. The fraction of sp³-hybridized carbons (Fsp3) is 0.353. The van der Waals surface area contributed by atoms with Crippen LogP contribution in [0.25, 0.3) is 5.69 Å². The second-order valence-electron chi connectivity index (χ2n) is 5.65. The zero-order chi connectivity index (χ0) is 16.2. The van der Waals surface area contributed by atoms with Crippen LogP contribution in [0, 0.1) is 6.92 Å². The number of hydrogen-bond acceptors (Lipinski definition) is 4. The fourth-order valence-corrected chi connectivity index (χ4v) is 2.69. The molecule has 2 aromatic rings. The van der Waals surface area contributed by atoms with Crippen LogP contribution in [-0.2, 0) is 9.53 Å². The number of rotatable bonds is 4. The number of piperidine rings is 1. The van der Waals surface area contributed by atoms with E-state index in [1.165, 1.54) is 0 Å². The zero-order valence-electron chi connectivity index (χ0n) is 13.0. The standard InChI is InChI=1S/C17H19N3O3/c1-13-16(11-20(18-13)14-5-3-2-4-6-14)17(22)23-15-7-9-19(12-21)10-8-15/h2-6,11-12,15H,7-10H2,1H3. The Kier molecular flexibility index (Phi) is 4.41. The van der Waals surface area contributed by atoms with Gasteiger partial charge < -0.3 is 9.64 Å². The van der Waals surface area contributed by atoms with E-state index < -0.39 is 0 Å². The van der Waals surface area contributed by atoms with Gasteiger partial charge in [-0.05, 0) is 19.1 Å². The molecule has 23 heavy (non-hydrogen) atoms. The largest absolute Gasteiger partial charge is 0.459 e. The van der Waals surface area contributed by atoms with Crippen LogP contribution in [-0.4, -0.2) is 46.3 Å². The number of ether oxygens (including phenoxy) is 1. The maximum absolute atomic E-state index is 12.4. The summed E-state index contributed by atoms with van der Waals surface area (Å²) in [7, 11) is 0. The molecule has 1 fully saturated rings. The number of nitrogens with zero attached hydrogens (tertiary/aromatic N) is 3. The minimum atomic E-state index is -0.353. The van der Waals surface area contributed by atoms with E-state index in [0.717, 1.165) is 12.1 Å². The number of para-hydroxylation sites is 1. The van der Waals surface area contributed by atoms with E-state index in [0.29, 0.717) is 37.2 Å². The molecule has 0 radical (unpaired) electrons. The molecule has 0 aliphatic carbocycles. The molecule has 0 bridgehead atoms. The van der Waals surface area contributed by atoms with Crippen LogP contribution in [0.4, 0.5) is 0 Å². The van der Waals surface area contributed by atoms with Crippen molar-refractivity contribution < 1.29 is 14.3 Å². The van der Waals surface area contributed by atoms with Crippen LogP contribution < -0.4 is 0 Å². The second-order valence-corrected chi connectivity index (χ2v) is 5.65. The molecule has 1 saturated heterocycles. The summed E-state index contributed by atoms with van der Waals surface area (Å²) in [6.07, 6.45) is 3.75. The Hall–Kier alpha value is -2.63. The Morgan fingerprint density at radius 1 is 1.26 bits per heavy atom. The number of likely N-dealkylation sites (tertiary alicyclic amines) is 1.